The van der Waals surface area contributed by atoms with E-state index in [2.05, 4.69) is 10.2 Å². The highest BCUT2D eigenvalue weighted by molar-refractivity contribution is 5.48. The minimum absolute atomic E-state index is 0.0509. The summed E-state index contributed by atoms with van der Waals surface area (Å²) in [5.41, 5.74) is 0.976. The fourth-order valence-electron chi connectivity index (χ4n) is 2.05. The minimum Gasteiger partial charge on any atom is -0.487 e. The molecule has 0 saturated heterocycles. The van der Waals surface area contributed by atoms with Gasteiger partial charge in [0.25, 0.3) is 0 Å². The first-order valence-electron chi connectivity index (χ1n) is 7.34. The van der Waals surface area contributed by atoms with E-state index >= 15 is 0 Å². The molecule has 1 N–H and O–H groups in total. The highest BCUT2D eigenvalue weighted by Gasteiger charge is 2.21. The average molecular weight is 293 g/mol. The normalized spacial score (nSPS) is 14.4. The van der Waals surface area contributed by atoms with Gasteiger partial charge in [-0.1, -0.05) is 6.07 Å². The maximum atomic E-state index is 11.2. The zero-order valence-electron chi connectivity index (χ0n) is 12.7. The van der Waals surface area contributed by atoms with Gasteiger partial charge in [0.05, 0.1) is 11.5 Å². The summed E-state index contributed by atoms with van der Waals surface area (Å²) < 4.78 is 5.55. The van der Waals surface area contributed by atoms with Crippen molar-refractivity contribution in [1.29, 1.82) is 0 Å². The molecule has 0 unspecified atom stereocenters. The molecule has 2 rings (SSSR count). The van der Waals surface area contributed by atoms with Crippen molar-refractivity contribution in [2.75, 3.05) is 27.2 Å². The number of rotatable bonds is 9. The molecule has 0 amide bonds. The van der Waals surface area contributed by atoms with Crippen molar-refractivity contribution in [3.05, 3.63) is 33.9 Å². The third-order valence-electron chi connectivity index (χ3n) is 3.40. The van der Waals surface area contributed by atoms with Crippen LogP contribution in [0.2, 0.25) is 0 Å². The highest BCUT2D eigenvalue weighted by atomic mass is 16.6. The zero-order valence-corrected chi connectivity index (χ0v) is 12.7. The standard InChI is InChI=1S/C15H23N3O3/c1-17(2)8-3-9-21-15-7-4-12(10-14(15)18(19)20)11-16-13-5-6-13/h4,7,10,13,16H,3,5-6,8-9,11H2,1-2H3. The molecule has 0 aromatic heterocycles. The van der Waals surface area contributed by atoms with Crippen LogP contribution >= 0.6 is 0 Å². The fourth-order valence-corrected chi connectivity index (χ4v) is 2.05. The van der Waals surface area contributed by atoms with Crippen LogP contribution in [0, 0.1) is 10.1 Å². The van der Waals surface area contributed by atoms with Crippen molar-refractivity contribution in [2.45, 2.75) is 31.8 Å². The Morgan fingerprint density at radius 1 is 1.43 bits per heavy atom. The van der Waals surface area contributed by atoms with Crippen molar-refractivity contribution in [3.8, 4) is 5.75 Å². The summed E-state index contributed by atoms with van der Waals surface area (Å²) in [5.74, 6) is 0.355. The molecular weight excluding hydrogens is 270 g/mol. The molecule has 0 aliphatic heterocycles. The molecule has 1 aromatic carbocycles. The lowest BCUT2D eigenvalue weighted by Crippen LogP contribution is -2.16. The smallest absolute Gasteiger partial charge is 0.311 e. The molecule has 21 heavy (non-hydrogen) atoms. The van der Waals surface area contributed by atoms with Crippen LogP contribution in [0.5, 0.6) is 5.75 Å². The van der Waals surface area contributed by atoms with Gasteiger partial charge in [-0.3, -0.25) is 10.1 Å². The Morgan fingerprint density at radius 2 is 2.19 bits per heavy atom. The first-order valence-corrected chi connectivity index (χ1v) is 7.34. The van der Waals surface area contributed by atoms with Gasteiger partial charge < -0.3 is 15.0 Å². The Bertz CT molecular complexity index is 487. The number of ether oxygens (including phenoxy) is 1. The van der Waals surface area contributed by atoms with E-state index in [0.29, 0.717) is 24.9 Å². The van der Waals surface area contributed by atoms with Gasteiger partial charge in [0, 0.05) is 25.2 Å². The van der Waals surface area contributed by atoms with Crippen molar-refractivity contribution in [3.63, 3.8) is 0 Å². The van der Waals surface area contributed by atoms with E-state index in [1.165, 1.54) is 12.8 Å². The molecule has 1 aromatic rings. The van der Waals surface area contributed by atoms with E-state index in [4.69, 9.17) is 4.74 Å². The molecule has 1 aliphatic rings. The fraction of sp³-hybridized carbons (Fsp3) is 0.600. The lowest BCUT2D eigenvalue weighted by molar-refractivity contribution is -0.385. The van der Waals surface area contributed by atoms with Gasteiger partial charge in [0.2, 0.25) is 0 Å². The van der Waals surface area contributed by atoms with E-state index in [1.54, 1.807) is 12.1 Å². The number of hydrogen-bond donors (Lipinski definition) is 1. The van der Waals surface area contributed by atoms with Crippen LogP contribution in [-0.4, -0.2) is 43.1 Å². The largest absolute Gasteiger partial charge is 0.487 e. The SMILES string of the molecule is CN(C)CCCOc1ccc(CNC2CC2)cc1[N+](=O)[O-]. The number of benzene rings is 1. The van der Waals surface area contributed by atoms with Crippen LogP contribution < -0.4 is 10.1 Å². The van der Waals surface area contributed by atoms with Crippen LogP contribution in [0.1, 0.15) is 24.8 Å². The molecule has 0 radical (unpaired) electrons. The Balaban J connectivity index is 1.93. The van der Waals surface area contributed by atoms with Gasteiger partial charge in [0.15, 0.2) is 5.75 Å². The summed E-state index contributed by atoms with van der Waals surface area (Å²) in [6.45, 7) is 2.06. The van der Waals surface area contributed by atoms with Crippen LogP contribution in [0.15, 0.2) is 18.2 Å². The molecule has 1 saturated carbocycles. The second-order valence-electron chi connectivity index (χ2n) is 5.72. The predicted octanol–water partition coefficient (Wildman–Crippen LogP) is 2.18. The molecule has 1 aliphatic carbocycles. The summed E-state index contributed by atoms with van der Waals surface area (Å²) in [4.78, 5) is 12.8. The van der Waals surface area contributed by atoms with E-state index in [-0.39, 0.29) is 10.6 Å². The van der Waals surface area contributed by atoms with Crippen LogP contribution in [0.25, 0.3) is 0 Å². The van der Waals surface area contributed by atoms with Gasteiger partial charge in [-0.2, -0.15) is 0 Å². The third kappa shape index (κ3) is 5.32. The van der Waals surface area contributed by atoms with Gasteiger partial charge in [-0.25, -0.2) is 0 Å². The molecular formula is C15H23N3O3. The summed E-state index contributed by atoms with van der Waals surface area (Å²) in [6, 6.07) is 5.80. The summed E-state index contributed by atoms with van der Waals surface area (Å²) >= 11 is 0. The quantitative estimate of drug-likeness (QED) is 0.429. The van der Waals surface area contributed by atoms with Crippen molar-refractivity contribution in [2.24, 2.45) is 0 Å². The van der Waals surface area contributed by atoms with Crippen LogP contribution in [-0.2, 0) is 6.54 Å². The molecule has 0 spiro atoms. The maximum absolute atomic E-state index is 11.2. The summed E-state index contributed by atoms with van der Waals surface area (Å²) in [5, 5.41) is 14.5. The van der Waals surface area contributed by atoms with Crippen molar-refractivity contribution >= 4 is 5.69 Å². The summed E-state index contributed by atoms with van der Waals surface area (Å²) in [6.07, 6.45) is 3.25. The second kappa shape index (κ2) is 7.38. The third-order valence-corrected chi connectivity index (χ3v) is 3.40. The molecule has 6 nitrogen and oxygen atoms in total. The first-order chi connectivity index (χ1) is 10.1. The van der Waals surface area contributed by atoms with E-state index in [0.717, 1.165) is 18.5 Å². The molecule has 1 fully saturated rings. The average Bonchev–Trinajstić information content (AvgIpc) is 3.25. The van der Waals surface area contributed by atoms with Crippen LogP contribution in [0.4, 0.5) is 5.69 Å². The van der Waals surface area contributed by atoms with E-state index < -0.39 is 0 Å². The Kier molecular flexibility index (Phi) is 5.52. The molecule has 0 bridgehead atoms. The van der Waals surface area contributed by atoms with Gasteiger partial charge >= 0.3 is 5.69 Å². The number of nitro benzene ring substituents is 1. The van der Waals surface area contributed by atoms with Crippen molar-refractivity contribution < 1.29 is 9.66 Å². The van der Waals surface area contributed by atoms with Gasteiger partial charge in [-0.05, 0) is 45.0 Å². The molecule has 0 atom stereocenters. The van der Waals surface area contributed by atoms with Crippen LogP contribution in [0.3, 0.4) is 0 Å². The highest BCUT2D eigenvalue weighted by Crippen LogP contribution is 2.28. The Hall–Kier alpha value is -1.66. The second-order valence-corrected chi connectivity index (χ2v) is 5.72. The summed E-state index contributed by atoms with van der Waals surface area (Å²) in [7, 11) is 3.98. The zero-order chi connectivity index (χ0) is 15.2. The van der Waals surface area contributed by atoms with Crippen molar-refractivity contribution in [1.82, 2.24) is 10.2 Å². The Morgan fingerprint density at radius 3 is 2.81 bits per heavy atom. The van der Waals surface area contributed by atoms with E-state index in [9.17, 15) is 10.1 Å². The number of nitrogens with zero attached hydrogens (tertiary/aromatic N) is 2. The number of nitrogens with one attached hydrogen (secondary N) is 1. The molecule has 0 heterocycles. The minimum atomic E-state index is -0.373. The number of nitro groups is 1. The topological polar surface area (TPSA) is 67.6 Å². The lowest BCUT2D eigenvalue weighted by atomic mass is 10.2. The maximum Gasteiger partial charge on any atom is 0.311 e. The number of hydrogen-bond acceptors (Lipinski definition) is 5. The Labute approximate surface area is 125 Å². The molecule has 6 heteroatoms. The first kappa shape index (κ1) is 15.7. The monoisotopic (exact) mass is 293 g/mol. The molecule has 116 valence electrons. The van der Waals surface area contributed by atoms with Gasteiger partial charge in [-0.15, -0.1) is 0 Å². The van der Waals surface area contributed by atoms with Gasteiger partial charge in [0.1, 0.15) is 0 Å². The predicted molar refractivity (Wildman–Crippen MR) is 81.6 cm³/mol. The lowest BCUT2D eigenvalue weighted by Gasteiger charge is -2.11. The van der Waals surface area contributed by atoms with E-state index in [1.807, 2.05) is 20.2 Å².